The van der Waals surface area contributed by atoms with Crippen LogP contribution >= 0.6 is 0 Å². The highest BCUT2D eigenvalue weighted by Crippen LogP contribution is 2.32. The minimum absolute atomic E-state index is 0.0254. The molecule has 0 bridgehead atoms. The molecule has 3 aromatic heterocycles. The lowest BCUT2D eigenvalue weighted by atomic mass is 10.2. The summed E-state index contributed by atoms with van der Waals surface area (Å²) in [6.45, 7) is 3.82. The number of aromatic nitrogens is 3. The number of amides is 1. The average molecular weight is 402 g/mol. The van der Waals surface area contributed by atoms with E-state index < -0.39 is 0 Å². The monoisotopic (exact) mass is 402 g/mol. The molecular weight excluding hydrogens is 380 g/mol. The number of hydrogen-bond donors (Lipinski definition) is 0. The van der Waals surface area contributed by atoms with Crippen LogP contribution in [0.2, 0.25) is 0 Å². The maximum atomic E-state index is 13.0. The van der Waals surface area contributed by atoms with E-state index in [0.717, 1.165) is 29.2 Å². The second-order valence-corrected chi connectivity index (χ2v) is 7.28. The molecule has 4 heterocycles. The van der Waals surface area contributed by atoms with Gasteiger partial charge in [-0.2, -0.15) is 0 Å². The maximum absolute atomic E-state index is 13.0. The highest BCUT2D eigenvalue weighted by Gasteiger charge is 2.31. The van der Waals surface area contributed by atoms with Crippen LogP contribution in [-0.2, 0) is 0 Å². The number of rotatable bonds is 5. The van der Waals surface area contributed by atoms with Crippen molar-refractivity contribution in [2.75, 3.05) is 19.7 Å². The highest BCUT2D eigenvalue weighted by molar-refractivity contribution is 5.94. The Morgan fingerprint density at radius 3 is 2.83 bits per heavy atom. The van der Waals surface area contributed by atoms with Gasteiger partial charge in [0, 0.05) is 24.8 Å². The van der Waals surface area contributed by atoms with Gasteiger partial charge in [0.05, 0.1) is 18.9 Å². The molecule has 1 fully saturated rings. The van der Waals surface area contributed by atoms with Crippen LogP contribution in [-0.4, -0.2) is 45.0 Å². The Morgan fingerprint density at radius 1 is 1.20 bits per heavy atom. The van der Waals surface area contributed by atoms with Gasteiger partial charge in [-0.1, -0.05) is 0 Å². The number of hydrogen-bond acceptors (Lipinski definition) is 5. The number of pyridine rings is 1. The number of carbonyl (C=O) groups excluding carboxylic acids is 1. The first-order chi connectivity index (χ1) is 14.7. The Balaban J connectivity index is 1.43. The van der Waals surface area contributed by atoms with Crippen LogP contribution in [0.25, 0.3) is 22.7 Å². The third kappa shape index (κ3) is 3.22. The molecule has 0 spiro atoms. The zero-order valence-electron chi connectivity index (χ0n) is 16.7. The van der Waals surface area contributed by atoms with Crippen LogP contribution in [0.5, 0.6) is 5.75 Å². The molecule has 7 heteroatoms. The molecule has 1 aliphatic heterocycles. The summed E-state index contributed by atoms with van der Waals surface area (Å²) < 4.78 is 13.2. The lowest BCUT2D eigenvalue weighted by Crippen LogP contribution is -2.29. The summed E-state index contributed by atoms with van der Waals surface area (Å²) >= 11 is 0. The quantitative estimate of drug-likeness (QED) is 0.501. The summed E-state index contributed by atoms with van der Waals surface area (Å²) in [5.41, 5.74) is 2.29. The van der Waals surface area contributed by atoms with Crippen molar-refractivity contribution in [3.63, 3.8) is 0 Å². The van der Waals surface area contributed by atoms with Crippen LogP contribution in [0.3, 0.4) is 0 Å². The van der Waals surface area contributed by atoms with E-state index in [-0.39, 0.29) is 11.9 Å². The normalized spacial score (nSPS) is 16.3. The molecule has 5 rings (SSSR count). The maximum Gasteiger partial charge on any atom is 0.253 e. The Morgan fingerprint density at radius 2 is 2.07 bits per heavy atom. The molecule has 4 aromatic rings. The van der Waals surface area contributed by atoms with Crippen molar-refractivity contribution in [2.24, 2.45) is 0 Å². The fourth-order valence-electron chi connectivity index (χ4n) is 4.04. The Bertz CT molecular complexity index is 1170. The molecule has 1 aliphatic rings. The second-order valence-electron chi connectivity index (χ2n) is 7.28. The van der Waals surface area contributed by atoms with E-state index in [9.17, 15) is 4.79 Å². The van der Waals surface area contributed by atoms with Crippen molar-refractivity contribution in [3.8, 4) is 17.3 Å². The van der Waals surface area contributed by atoms with E-state index in [0.29, 0.717) is 31.0 Å². The molecule has 0 N–H and O–H groups in total. The van der Waals surface area contributed by atoms with Crippen LogP contribution in [0.4, 0.5) is 0 Å². The number of imidazole rings is 1. The van der Waals surface area contributed by atoms with E-state index in [1.807, 2.05) is 60.4 Å². The zero-order chi connectivity index (χ0) is 20.5. The first-order valence-corrected chi connectivity index (χ1v) is 10.1. The number of ether oxygens (including phenoxy) is 1. The van der Waals surface area contributed by atoms with Crippen LogP contribution < -0.4 is 4.74 Å². The van der Waals surface area contributed by atoms with Crippen molar-refractivity contribution in [1.82, 2.24) is 19.4 Å². The summed E-state index contributed by atoms with van der Waals surface area (Å²) in [5.74, 6) is 2.24. The van der Waals surface area contributed by atoms with Crippen molar-refractivity contribution in [2.45, 2.75) is 19.4 Å². The Kier molecular flexibility index (Phi) is 4.71. The summed E-state index contributed by atoms with van der Waals surface area (Å²) in [7, 11) is 0. The lowest BCUT2D eigenvalue weighted by Gasteiger charge is -2.18. The Hall–Kier alpha value is -3.61. The molecule has 0 aliphatic carbocycles. The van der Waals surface area contributed by atoms with Gasteiger partial charge in [-0.3, -0.25) is 4.79 Å². The summed E-state index contributed by atoms with van der Waals surface area (Å²) in [6.07, 6.45) is 4.24. The van der Waals surface area contributed by atoms with E-state index in [1.54, 1.807) is 12.5 Å². The van der Waals surface area contributed by atoms with E-state index in [1.165, 1.54) is 0 Å². The van der Waals surface area contributed by atoms with Gasteiger partial charge in [0.25, 0.3) is 5.91 Å². The predicted molar refractivity (Wildman–Crippen MR) is 112 cm³/mol. The fourth-order valence-corrected chi connectivity index (χ4v) is 4.04. The van der Waals surface area contributed by atoms with Crippen LogP contribution in [0.15, 0.2) is 65.4 Å². The van der Waals surface area contributed by atoms with Gasteiger partial charge in [-0.25, -0.2) is 9.97 Å². The first kappa shape index (κ1) is 18.4. The van der Waals surface area contributed by atoms with Gasteiger partial charge < -0.3 is 18.6 Å². The van der Waals surface area contributed by atoms with E-state index in [2.05, 4.69) is 9.55 Å². The molecule has 0 unspecified atom stereocenters. The summed E-state index contributed by atoms with van der Waals surface area (Å²) in [4.78, 5) is 24.2. The van der Waals surface area contributed by atoms with Crippen LogP contribution in [0, 0.1) is 0 Å². The fraction of sp³-hybridized carbons (Fsp3) is 0.261. The van der Waals surface area contributed by atoms with Gasteiger partial charge in [-0.05, 0) is 61.9 Å². The smallest absolute Gasteiger partial charge is 0.253 e. The molecule has 30 heavy (non-hydrogen) atoms. The Labute approximate surface area is 173 Å². The minimum atomic E-state index is 0.0254. The van der Waals surface area contributed by atoms with Gasteiger partial charge in [-0.15, -0.1) is 0 Å². The van der Waals surface area contributed by atoms with Crippen molar-refractivity contribution in [1.29, 1.82) is 0 Å². The van der Waals surface area contributed by atoms with Gasteiger partial charge in [0.1, 0.15) is 11.3 Å². The van der Waals surface area contributed by atoms with Crippen LogP contribution in [0.1, 0.15) is 29.7 Å². The third-order valence-corrected chi connectivity index (χ3v) is 5.42. The molecule has 152 valence electrons. The number of carbonyl (C=O) groups is 1. The molecular formula is C23H22N4O3. The molecule has 1 saturated heterocycles. The molecule has 1 amide bonds. The van der Waals surface area contributed by atoms with Gasteiger partial charge >= 0.3 is 0 Å². The number of benzene rings is 1. The second kappa shape index (κ2) is 7.67. The minimum Gasteiger partial charge on any atom is -0.494 e. The predicted octanol–water partition coefficient (Wildman–Crippen LogP) is 4.18. The topological polar surface area (TPSA) is 73.4 Å². The average Bonchev–Trinajstić information content (AvgIpc) is 3.52. The van der Waals surface area contributed by atoms with Gasteiger partial charge in [0.2, 0.25) is 0 Å². The van der Waals surface area contributed by atoms with E-state index >= 15 is 0 Å². The molecule has 7 nitrogen and oxygen atoms in total. The number of likely N-dealkylation sites (tertiary alicyclic amines) is 1. The first-order valence-electron chi connectivity index (χ1n) is 10.1. The molecule has 0 saturated carbocycles. The lowest BCUT2D eigenvalue weighted by molar-refractivity contribution is 0.0788. The molecule has 1 atom stereocenters. The van der Waals surface area contributed by atoms with Crippen molar-refractivity contribution < 1.29 is 13.9 Å². The standard InChI is InChI=1S/C23H22N4O3/c1-2-29-18-9-7-16(8-10-18)23(28)26-13-11-17(15-26)27-21-19(5-3-12-24-21)25-22(27)20-6-4-14-30-20/h3-10,12,14,17H,2,11,13,15H2,1H3/t17-/m0/s1. The highest BCUT2D eigenvalue weighted by atomic mass is 16.5. The van der Waals surface area contributed by atoms with Crippen molar-refractivity contribution >= 4 is 17.1 Å². The zero-order valence-corrected chi connectivity index (χ0v) is 16.7. The largest absolute Gasteiger partial charge is 0.494 e. The number of fused-ring (bicyclic) bond motifs is 1. The van der Waals surface area contributed by atoms with Gasteiger partial charge in [0.15, 0.2) is 17.2 Å². The molecule has 1 aromatic carbocycles. The number of nitrogens with zero attached hydrogens (tertiary/aromatic N) is 4. The number of furan rings is 1. The van der Waals surface area contributed by atoms with Crippen molar-refractivity contribution in [3.05, 3.63) is 66.6 Å². The molecule has 0 radical (unpaired) electrons. The summed E-state index contributed by atoms with van der Waals surface area (Å²) in [5, 5.41) is 0. The summed E-state index contributed by atoms with van der Waals surface area (Å²) in [6, 6.07) is 15.0. The SMILES string of the molecule is CCOc1ccc(C(=O)N2CC[C@H](n3c(-c4ccco4)nc4cccnc43)C2)cc1. The third-order valence-electron chi connectivity index (χ3n) is 5.42. The van der Waals surface area contributed by atoms with E-state index in [4.69, 9.17) is 14.1 Å².